The summed E-state index contributed by atoms with van der Waals surface area (Å²) in [6.45, 7) is 2.16. The van der Waals surface area contributed by atoms with Gasteiger partial charge in [-0.05, 0) is 25.1 Å². The minimum atomic E-state index is -0.268. The molecule has 6 heteroatoms. The largest absolute Gasteiger partial charge is 0.497 e. The van der Waals surface area contributed by atoms with E-state index in [0.29, 0.717) is 17.4 Å². The van der Waals surface area contributed by atoms with Crippen LogP contribution in [0.3, 0.4) is 0 Å². The Morgan fingerprint density at radius 2 is 2.10 bits per heavy atom. The van der Waals surface area contributed by atoms with E-state index >= 15 is 0 Å². The molecule has 0 fully saturated rings. The number of carbonyl (C=O) groups is 1. The Labute approximate surface area is 127 Å². The van der Waals surface area contributed by atoms with Crippen LogP contribution in [-0.2, 0) is 16.0 Å². The maximum atomic E-state index is 11.5. The second-order valence-corrected chi connectivity index (χ2v) is 5.12. The fourth-order valence-electron chi connectivity index (χ4n) is 1.87. The minimum Gasteiger partial charge on any atom is -0.497 e. The number of ether oxygens (including phenoxy) is 3. The van der Waals surface area contributed by atoms with Crippen LogP contribution >= 0.6 is 11.3 Å². The van der Waals surface area contributed by atoms with Crippen molar-refractivity contribution in [2.24, 2.45) is 0 Å². The molecular weight excluding hydrogens is 290 g/mol. The SMILES string of the molecule is CCOC(=O)Cc1nc(-c2cc(OC)ccc2OC)cs1. The van der Waals surface area contributed by atoms with Gasteiger partial charge in [0, 0.05) is 10.9 Å². The van der Waals surface area contributed by atoms with Gasteiger partial charge in [0.1, 0.15) is 16.5 Å². The number of hydrogen-bond acceptors (Lipinski definition) is 6. The lowest BCUT2D eigenvalue weighted by molar-refractivity contribution is -0.142. The summed E-state index contributed by atoms with van der Waals surface area (Å²) < 4.78 is 15.5. The Hall–Kier alpha value is -2.08. The molecule has 0 saturated carbocycles. The van der Waals surface area contributed by atoms with Gasteiger partial charge in [-0.2, -0.15) is 0 Å². The molecule has 0 bridgehead atoms. The number of carbonyl (C=O) groups excluding carboxylic acids is 1. The lowest BCUT2D eigenvalue weighted by Gasteiger charge is -2.08. The second-order valence-electron chi connectivity index (χ2n) is 4.17. The molecule has 0 aliphatic rings. The Kier molecular flexibility index (Phi) is 5.16. The van der Waals surface area contributed by atoms with Crippen molar-refractivity contribution in [3.8, 4) is 22.8 Å². The van der Waals surface area contributed by atoms with Gasteiger partial charge < -0.3 is 14.2 Å². The van der Waals surface area contributed by atoms with Gasteiger partial charge in [-0.1, -0.05) is 0 Å². The number of esters is 1. The summed E-state index contributed by atoms with van der Waals surface area (Å²) in [5.74, 6) is 1.17. The molecule has 1 aromatic carbocycles. The van der Waals surface area contributed by atoms with Crippen molar-refractivity contribution in [1.29, 1.82) is 0 Å². The molecule has 0 aliphatic carbocycles. The number of hydrogen-bond donors (Lipinski definition) is 0. The average molecular weight is 307 g/mol. The van der Waals surface area contributed by atoms with Crippen LogP contribution in [0.15, 0.2) is 23.6 Å². The molecule has 1 aromatic heterocycles. The van der Waals surface area contributed by atoms with E-state index in [4.69, 9.17) is 14.2 Å². The third-order valence-corrected chi connectivity index (χ3v) is 3.68. The zero-order valence-electron chi connectivity index (χ0n) is 12.2. The highest BCUT2D eigenvalue weighted by molar-refractivity contribution is 7.10. The standard InChI is InChI=1S/C15H17NO4S/c1-4-20-15(17)8-14-16-12(9-21-14)11-7-10(18-2)5-6-13(11)19-3/h5-7,9H,4,8H2,1-3H3. The van der Waals surface area contributed by atoms with Crippen molar-refractivity contribution in [3.63, 3.8) is 0 Å². The van der Waals surface area contributed by atoms with Crippen LogP contribution in [0.2, 0.25) is 0 Å². The molecule has 2 aromatic rings. The van der Waals surface area contributed by atoms with Crippen molar-refractivity contribution >= 4 is 17.3 Å². The first-order valence-electron chi connectivity index (χ1n) is 6.50. The van der Waals surface area contributed by atoms with Crippen molar-refractivity contribution in [1.82, 2.24) is 4.98 Å². The predicted molar refractivity (Wildman–Crippen MR) is 81.0 cm³/mol. The first-order valence-corrected chi connectivity index (χ1v) is 7.38. The maximum absolute atomic E-state index is 11.5. The van der Waals surface area contributed by atoms with Gasteiger partial charge in [-0.25, -0.2) is 4.98 Å². The summed E-state index contributed by atoms with van der Waals surface area (Å²) in [6.07, 6.45) is 0.185. The molecule has 0 radical (unpaired) electrons. The molecule has 2 rings (SSSR count). The number of thiazole rings is 1. The number of nitrogens with zero attached hydrogens (tertiary/aromatic N) is 1. The Morgan fingerprint density at radius 3 is 2.76 bits per heavy atom. The van der Waals surface area contributed by atoms with E-state index in [-0.39, 0.29) is 12.4 Å². The quantitative estimate of drug-likeness (QED) is 0.768. The third-order valence-electron chi connectivity index (χ3n) is 2.84. The summed E-state index contributed by atoms with van der Waals surface area (Å²) in [5, 5.41) is 2.61. The molecule has 0 unspecified atom stereocenters. The van der Waals surface area contributed by atoms with Crippen molar-refractivity contribution < 1.29 is 19.0 Å². The Bertz CT molecular complexity index is 624. The van der Waals surface area contributed by atoms with Crippen LogP contribution in [-0.4, -0.2) is 31.8 Å². The van der Waals surface area contributed by atoms with Gasteiger partial charge in [0.15, 0.2) is 0 Å². The molecule has 0 saturated heterocycles. The highest BCUT2D eigenvalue weighted by atomic mass is 32.1. The monoisotopic (exact) mass is 307 g/mol. The van der Waals surface area contributed by atoms with E-state index in [1.807, 2.05) is 23.6 Å². The molecule has 0 amide bonds. The maximum Gasteiger partial charge on any atom is 0.312 e. The van der Waals surface area contributed by atoms with E-state index in [1.165, 1.54) is 11.3 Å². The highest BCUT2D eigenvalue weighted by Crippen LogP contribution is 2.34. The fourth-order valence-corrected chi connectivity index (χ4v) is 2.65. The summed E-state index contributed by atoms with van der Waals surface area (Å²) in [4.78, 5) is 16.0. The number of benzene rings is 1. The van der Waals surface area contributed by atoms with E-state index < -0.39 is 0 Å². The molecule has 0 spiro atoms. The molecular formula is C15H17NO4S. The molecule has 0 N–H and O–H groups in total. The van der Waals surface area contributed by atoms with E-state index in [2.05, 4.69) is 4.98 Å². The summed E-state index contributed by atoms with van der Waals surface area (Å²) in [6, 6.07) is 5.52. The van der Waals surface area contributed by atoms with Crippen LogP contribution in [0.4, 0.5) is 0 Å². The number of rotatable bonds is 6. The lowest BCUT2D eigenvalue weighted by Crippen LogP contribution is -2.07. The Balaban J connectivity index is 2.26. The van der Waals surface area contributed by atoms with Crippen molar-refractivity contribution in [3.05, 3.63) is 28.6 Å². The summed E-state index contributed by atoms with van der Waals surface area (Å²) in [5.41, 5.74) is 1.60. The van der Waals surface area contributed by atoms with Gasteiger partial charge in [0.2, 0.25) is 0 Å². The van der Waals surface area contributed by atoms with Crippen LogP contribution in [0.25, 0.3) is 11.3 Å². The predicted octanol–water partition coefficient (Wildman–Crippen LogP) is 2.93. The fraction of sp³-hybridized carbons (Fsp3) is 0.333. The molecule has 1 heterocycles. The van der Waals surface area contributed by atoms with Crippen molar-refractivity contribution in [2.75, 3.05) is 20.8 Å². The first kappa shape index (κ1) is 15.3. The van der Waals surface area contributed by atoms with Crippen LogP contribution in [0.5, 0.6) is 11.5 Å². The topological polar surface area (TPSA) is 57.7 Å². The normalized spacial score (nSPS) is 10.2. The van der Waals surface area contributed by atoms with Crippen LogP contribution in [0.1, 0.15) is 11.9 Å². The third kappa shape index (κ3) is 3.72. The summed E-state index contributed by atoms with van der Waals surface area (Å²) >= 11 is 1.42. The molecule has 112 valence electrons. The zero-order chi connectivity index (χ0) is 15.2. The van der Waals surface area contributed by atoms with Gasteiger partial charge in [0.05, 0.1) is 32.9 Å². The Morgan fingerprint density at radius 1 is 1.29 bits per heavy atom. The van der Waals surface area contributed by atoms with Crippen LogP contribution in [0, 0.1) is 0 Å². The van der Waals surface area contributed by atoms with Gasteiger partial charge in [-0.3, -0.25) is 4.79 Å². The zero-order valence-corrected chi connectivity index (χ0v) is 13.0. The second kappa shape index (κ2) is 7.08. The van der Waals surface area contributed by atoms with Gasteiger partial charge in [-0.15, -0.1) is 11.3 Å². The van der Waals surface area contributed by atoms with E-state index in [1.54, 1.807) is 21.1 Å². The minimum absolute atomic E-state index is 0.185. The lowest BCUT2D eigenvalue weighted by atomic mass is 10.1. The smallest absolute Gasteiger partial charge is 0.312 e. The molecule has 21 heavy (non-hydrogen) atoms. The molecule has 0 aliphatic heterocycles. The van der Waals surface area contributed by atoms with Crippen LogP contribution < -0.4 is 9.47 Å². The molecule has 0 atom stereocenters. The number of aromatic nitrogens is 1. The highest BCUT2D eigenvalue weighted by Gasteiger charge is 2.13. The summed E-state index contributed by atoms with van der Waals surface area (Å²) in [7, 11) is 3.22. The number of methoxy groups -OCH3 is 2. The van der Waals surface area contributed by atoms with E-state index in [9.17, 15) is 4.79 Å². The molecule has 5 nitrogen and oxygen atoms in total. The first-order chi connectivity index (χ1) is 10.2. The van der Waals surface area contributed by atoms with Crippen molar-refractivity contribution in [2.45, 2.75) is 13.3 Å². The average Bonchev–Trinajstić information content (AvgIpc) is 2.95. The van der Waals surface area contributed by atoms with Gasteiger partial charge >= 0.3 is 5.97 Å². The van der Waals surface area contributed by atoms with Gasteiger partial charge in [0.25, 0.3) is 0 Å². The van der Waals surface area contributed by atoms with E-state index in [0.717, 1.165) is 17.0 Å².